The maximum atomic E-state index is 11.1. The number of hydrogen-bond donors (Lipinski definition) is 1. The minimum Gasteiger partial charge on any atom is -0.363 e. The molecule has 2 N–H and O–H groups in total. The molecule has 1 atom stereocenters. The first-order valence-electron chi connectivity index (χ1n) is 7.29. The average molecular weight is 302 g/mol. The first-order valence-corrected chi connectivity index (χ1v) is 7.29. The minimum atomic E-state index is -0.691. The molecular weight excluding hydrogens is 284 g/mol. The third-order valence-electron chi connectivity index (χ3n) is 3.67. The van der Waals surface area contributed by atoms with Crippen molar-refractivity contribution in [3.8, 4) is 0 Å². The number of carbonyl (C=O) groups excluding carboxylic acids is 1. The Morgan fingerprint density at radius 2 is 2.27 bits per heavy atom. The van der Waals surface area contributed by atoms with Gasteiger partial charge in [-0.3, -0.25) is 4.79 Å². The predicted octanol–water partition coefficient (Wildman–Crippen LogP) is 1.42. The van der Waals surface area contributed by atoms with Crippen LogP contribution >= 0.6 is 0 Å². The van der Waals surface area contributed by atoms with Crippen LogP contribution in [0.3, 0.4) is 0 Å². The number of anilines is 1. The number of hydrogen-bond acceptors (Lipinski definition) is 7. The maximum Gasteiger partial charge on any atom is 0.290 e. The summed E-state index contributed by atoms with van der Waals surface area (Å²) in [5, 5.41) is 3.61. The quantitative estimate of drug-likeness (QED) is 0.909. The van der Waals surface area contributed by atoms with Crippen molar-refractivity contribution in [1.82, 2.24) is 20.1 Å². The van der Waals surface area contributed by atoms with Gasteiger partial charge < -0.3 is 15.2 Å². The Bertz CT molecular complexity index is 683. The number of aromatic nitrogens is 4. The zero-order valence-electron chi connectivity index (χ0n) is 12.6. The van der Waals surface area contributed by atoms with E-state index in [1.807, 2.05) is 6.07 Å². The molecule has 0 aromatic carbocycles. The molecule has 0 spiro atoms. The molecule has 2 aromatic heterocycles. The molecule has 0 saturated carbocycles. The van der Waals surface area contributed by atoms with Gasteiger partial charge in [0.05, 0.1) is 0 Å². The maximum absolute atomic E-state index is 11.1. The summed E-state index contributed by atoms with van der Waals surface area (Å²) in [4.78, 5) is 26.2. The summed E-state index contributed by atoms with van der Waals surface area (Å²) in [7, 11) is 0. The smallest absolute Gasteiger partial charge is 0.290 e. The second-order valence-corrected chi connectivity index (χ2v) is 5.60. The van der Waals surface area contributed by atoms with Crippen molar-refractivity contribution in [2.24, 2.45) is 5.73 Å². The number of nitrogens with zero attached hydrogens (tertiary/aromatic N) is 5. The fourth-order valence-electron chi connectivity index (χ4n) is 2.57. The Labute approximate surface area is 127 Å². The van der Waals surface area contributed by atoms with E-state index in [0.29, 0.717) is 5.89 Å². The molecule has 8 nitrogen and oxygen atoms in total. The highest BCUT2D eigenvalue weighted by atomic mass is 16.5. The third-order valence-corrected chi connectivity index (χ3v) is 3.67. The van der Waals surface area contributed by atoms with Gasteiger partial charge in [0.15, 0.2) is 0 Å². The van der Waals surface area contributed by atoms with Crippen LogP contribution < -0.4 is 10.6 Å². The van der Waals surface area contributed by atoms with E-state index in [1.54, 1.807) is 6.20 Å². The molecule has 1 saturated heterocycles. The molecular formula is C14H18N6O2. The summed E-state index contributed by atoms with van der Waals surface area (Å²) < 4.78 is 5.19. The Balaban J connectivity index is 1.89. The van der Waals surface area contributed by atoms with Crippen molar-refractivity contribution in [3.05, 3.63) is 29.8 Å². The highest BCUT2D eigenvalue weighted by Crippen LogP contribution is 2.34. The van der Waals surface area contributed by atoms with Crippen LogP contribution in [0.2, 0.25) is 0 Å². The van der Waals surface area contributed by atoms with Crippen LogP contribution in [-0.2, 0) is 0 Å². The summed E-state index contributed by atoms with van der Waals surface area (Å²) >= 11 is 0. The lowest BCUT2D eigenvalue weighted by Gasteiger charge is -2.23. The molecule has 3 heterocycles. The SMILES string of the molecule is CC(C)c1nccc(N2CCCC2c2nc(C(N)=O)no2)n1. The van der Waals surface area contributed by atoms with E-state index in [4.69, 9.17) is 10.3 Å². The van der Waals surface area contributed by atoms with Crippen LogP contribution in [0.25, 0.3) is 0 Å². The van der Waals surface area contributed by atoms with Gasteiger partial charge in [0.1, 0.15) is 17.7 Å². The van der Waals surface area contributed by atoms with E-state index in [1.165, 1.54) is 0 Å². The molecule has 0 bridgehead atoms. The normalized spacial score (nSPS) is 18.1. The first-order chi connectivity index (χ1) is 10.6. The van der Waals surface area contributed by atoms with Crippen molar-refractivity contribution < 1.29 is 9.32 Å². The largest absolute Gasteiger partial charge is 0.363 e. The van der Waals surface area contributed by atoms with Gasteiger partial charge in [-0.05, 0) is 18.9 Å². The molecule has 1 fully saturated rings. The van der Waals surface area contributed by atoms with Gasteiger partial charge in [0.2, 0.25) is 5.89 Å². The summed E-state index contributed by atoms with van der Waals surface area (Å²) in [5.41, 5.74) is 5.17. The van der Waals surface area contributed by atoms with E-state index in [-0.39, 0.29) is 17.8 Å². The van der Waals surface area contributed by atoms with Crippen LogP contribution in [0.1, 0.15) is 61.0 Å². The first kappa shape index (κ1) is 14.4. The lowest BCUT2D eigenvalue weighted by atomic mass is 10.2. The molecule has 0 aliphatic carbocycles. The summed E-state index contributed by atoms with van der Waals surface area (Å²) in [6.45, 7) is 4.95. The van der Waals surface area contributed by atoms with E-state index >= 15 is 0 Å². The number of nitrogens with two attached hydrogens (primary N) is 1. The van der Waals surface area contributed by atoms with Gasteiger partial charge in [0.25, 0.3) is 11.7 Å². The topological polar surface area (TPSA) is 111 Å². The van der Waals surface area contributed by atoms with Crippen molar-refractivity contribution in [1.29, 1.82) is 0 Å². The molecule has 1 unspecified atom stereocenters. The summed E-state index contributed by atoms with van der Waals surface area (Å²) in [6.07, 6.45) is 3.61. The number of carbonyl (C=O) groups is 1. The monoisotopic (exact) mass is 302 g/mol. The van der Waals surface area contributed by atoms with Crippen LogP contribution in [0, 0.1) is 0 Å². The molecule has 1 amide bonds. The van der Waals surface area contributed by atoms with Gasteiger partial charge in [-0.1, -0.05) is 19.0 Å². The van der Waals surface area contributed by atoms with Crippen LogP contribution in [-0.4, -0.2) is 32.6 Å². The highest BCUT2D eigenvalue weighted by Gasteiger charge is 2.32. The standard InChI is InChI=1S/C14H18N6O2/c1-8(2)12-16-6-5-10(17-12)20-7-3-4-9(20)14-18-13(11(15)21)19-22-14/h5-6,8-9H,3-4,7H2,1-2H3,(H2,15,21). The average Bonchev–Trinajstić information content (AvgIpc) is 3.16. The van der Waals surface area contributed by atoms with Crippen LogP contribution in [0.5, 0.6) is 0 Å². The summed E-state index contributed by atoms with van der Waals surface area (Å²) in [5.74, 6) is 1.50. The molecule has 0 radical (unpaired) electrons. The van der Waals surface area contributed by atoms with E-state index in [9.17, 15) is 4.79 Å². The van der Waals surface area contributed by atoms with Crippen molar-refractivity contribution in [2.45, 2.75) is 38.6 Å². The number of rotatable bonds is 4. The van der Waals surface area contributed by atoms with Gasteiger partial charge in [0, 0.05) is 18.7 Å². The molecule has 1 aliphatic heterocycles. The van der Waals surface area contributed by atoms with Gasteiger partial charge in [-0.25, -0.2) is 9.97 Å². The molecule has 116 valence electrons. The van der Waals surface area contributed by atoms with Gasteiger partial charge >= 0.3 is 0 Å². The molecule has 2 aromatic rings. The Morgan fingerprint density at radius 3 is 2.95 bits per heavy atom. The Kier molecular flexibility index (Phi) is 3.74. The van der Waals surface area contributed by atoms with Crippen LogP contribution in [0.15, 0.2) is 16.8 Å². The van der Waals surface area contributed by atoms with Crippen molar-refractivity contribution >= 4 is 11.7 Å². The second kappa shape index (κ2) is 5.70. The van der Waals surface area contributed by atoms with Crippen LogP contribution in [0.4, 0.5) is 5.82 Å². The van der Waals surface area contributed by atoms with Crippen molar-refractivity contribution in [2.75, 3.05) is 11.4 Å². The minimum absolute atomic E-state index is 0.0875. The molecule has 1 aliphatic rings. The lowest BCUT2D eigenvalue weighted by Crippen LogP contribution is -2.24. The molecule has 3 rings (SSSR count). The third kappa shape index (κ3) is 2.63. The van der Waals surface area contributed by atoms with E-state index < -0.39 is 5.91 Å². The molecule has 22 heavy (non-hydrogen) atoms. The lowest BCUT2D eigenvalue weighted by molar-refractivity contribution is 0.0987. The fraction of sp³-hybridized carbons (Fsp3) is 0.500. The summed E-state index contributed by atoms with van der Waals surface area (Å²) in [6, 6.07) is 1.78. The predicted molar refractivity (Wildman–Crippen MR) is 78.3 cm³/mol. The number of primary amides is 1. The van der Waals surface area contributed by atoms with Gasteiger partial charge in [-0.15, -0.1) is 0 Å². The highest BCUT2D eigenvalue weighted by molar-refractivity contribution is 5.88. The fourth-order valence-corrected chi connectivity index (χ4v) is 2.57. The Morgan fingerprint density at radius 1 is 1.45 bits per heavy atom. The zero-order valence-corrected chi connectivity index (χ0v) is 12.6. The zero-order chi connectivity index (χ0) is 15.7. The number of amides is 1. The van der Waals surface area contributed by atoms with E-state index in [0.717, 1.165) is 31.0 Å². The van der Waals surface area contributed by atoms with E-state index in [2.05, 4.69) is 38.9 Å². The van der Waals surface area contributed by atoms with Crippen molar-refractivity contribution in [3.63, 3.8) is 0 Å². The molecule has 8 heteroatoms. The van der Waals surface area contributed by atoms with Gasteiger partial charge in [-0.2, -0.15) is 4.98 Å². The Hall–Kier alpha value is -2.51. The second-order valence-electron chi connectivity index (χ2n) is 5.60.